The zero-order valence-corrected chi connectivity index (χ0v) is 52.7. The average molecular weight is 1130 g/mol. The van der Waals surface area contributed by atoms with Gasteiger partial charge in [-0.2, -0.15) is 0 Å². The summed E-state index contributed by atoms with van der Waals surface area (Å²) in [6, 6.07) is 13.1. The van der Waals surface area contributed by atoms with Crippen molar-refractivity contribution in [3.63, 3.8) is 0 Å². The minimum absolute atomic E-state index is 0.0104. The van der Waals surface area contributed by atoms with Gasteiger partial charge in [-0.1, -0.05) is 147 Å². The van der Waals surface area contributed by atoms with Crippen LogP contribution < -0.4 is 0 Å². The third-order valence-electron chi connectivity index (χ3n) is 23.1. The molecule has 3 amide bonds. The summed E-state index contributed by atoms with van der Waals surface area (Å²) < 4.78 is 0. The third-order valence-corrected chi connectivity index (χ3v) is 23.1. The number of likely N-dealkylation sites (N-methyl/N-ethyl adjacent to an activating group) is 1. The number of aliphatic carboxylic acids is 1. The number of fused-ring (bicyclic) bond motifs is 10. The first-order chi connectivity index (χ1) is 39.3. The number of aryl methyl sites for hydroxylation is 1. The molecule has 2 aromatic carbocycles. The number of nitrogens with zero attached hydrogens (tertiary/aromatic N) is 2. The Morgan fingerprint density at radius 3 is 1.73 bits per heavy atom. The predicted octanol–water partition coefficient (Wildman–Crippen LogP) is 17.5. The van der Waals surface area contributed by atoms with Crippen molar-refractivity contribution in [1.29, 1.82) is 0 Å². The molecule has 7 aliphatic rings. The molecule has 1 aliphatic heterocycles. The van der Waals surface area contributed by atoms with Crippen LogP contribution in [0.2, 0.25) is 0 Å². The van der Waals surface area contributed by atoms with Gasteiger partial charge >= 0.3 is 12.0 Å². The Bertz CT molecular complexity index is 2400. The number of unbranched alkanes of at least 4 members (excludes halogenated alkanes) is 10. The lowest BCUT2D eigenvalue weighted by molar-refractivity contribution is -0.142. The number of aliphatic hydroxyl groups excluding tert-OH is 2. The molecule has 4 N–H and O–H groups in total. The summed E-state index contributed by atoms with van der Waals surface area (Å²) >= 11 is 0. The Morgan fingerprint density at radius 1 is 0.659 bits per heavy atom. The van der Waals surface area contributed by atoms with Gasteiger partial charge in [0, 0.05) is 13.0 Å². The fraction of sp³-hybridized carbons (Fsp3) is 0.740. The topological polar surface area (TPSA) is 139 Å². The van der Waals surface area contributed by atoms with Gasteiger partial charge in [0.1, 0.15) is 5.75 Å². The highest BCUT2D eigenvalue weighted by atomic mass is 16.4. The monoisotopic (exact) mass is 1130 g/mol. The number of aromatic hydroxyl groups is 1. The number of phenols is 1. The quantitative estimate of drug-likeness (QED) is 0.0574. The molecule has 1 saturated heterocycles. The van der Waals surface area contributed by atoms with E-state index in [1.54, 1.807) is 23.1 Å². The van der Waals surface area contributed by atoms with Crippen molar-refractivity contribution >= 4 is 17.9 Å². The van der Waals surface area contributed by atoms with Gasteiger partial charge in [0.15, 0.2) is 0 Å². The molecule has 0 bridgehead atoms. The molecule has 16 atom stereocenters. The molecule has 82 heavy (non-hydrogen) atoms. The molecule has 6 aliphatic carbocycles. The summed E-state index contributed by atoms with van der Waals surface area (Å²) in [6.45, 7) is 23.0. The van der Waals surface area contributed by atoms with Crippen LogP contribution in [0.25, 0.3) is 0 Å². The fourth-order valence-electron chi connectivity index (χ4n) is 18.0. The number of rotatable bonds is 25. The van der Waals surface area contributed by atoms with E-state index in [1.807, 2.05) is 32.1 Å². The Balaban J connectivity index is 0.000000185. The molecule has 4 saturated carbocycles. The maximum Gasteiger partial charge on any atom is 0.327 e. The number of benzene rings is 2. The summed E-state index contributed by atoms with van der Waals surface area (Å²) in [5.74, 6) is 5.00. The largest absolute Gasteiger partial charge is 0.508 e. The molecule has 0 radical (unpaired) electrons. The first kappa shape index (κ1) is 65.6. The summed E-state index contributed by atoms with van der Waals surface area (Å²) in [6.07, 6.45) is 36.7. The number of hydrogen-bond donors (Lipinski definition) is 4. The number of phenolic OH excluding ortho intramolecular Hbond substituents is 1. The lowest BCUT2D eigenvalue weighted by Crippen LogP contribution is -2.47. The number of carbonyl (C=O) groups excluding carboxylic acids is 2. The van der Waals surface area contributed by atoms with E-state index < -0.39 is 5.97 Å². The maximum atomic E-state index is 12.9. The molecule has 9 nitrogen and oxygen atoms in total. The van der Waals surface area contributed by atoms with E-state index in [0.29, 0.717) is 47.2 Å². The predicted molar refractivity (Wildman–Crippen MR) is 336 cm³/mol. The normalized spacial score (nSPS) is 32.0. The van der Waals surface area contributed by atoms with E-state index in [4.69, 9.17) is 0 Å². The van der Waals surface area contributed by atoms with Crippen molar-refractivity contribution in [2.24, 2.45) is 58.2 Å². The smallest absolute Gasteiger partial charge is 0.327 e. The van der Waals surface area contributed by atoms with Gasteiger partial charge in [0.2, 0.25) is 5.91 Å². The number of urea groups is 1. The zero-order valence-electron chi connectivity index (χ0n) is 52.7. The maximum absolute atomic E-state index is 12.9. The van der Waals surface area contributed by atoms with Gasteiger partial charge in [0.05, 0.1) is 30.2 Å². The van der Waals surface area contributed by atoms with Crippen molar-refractivity contribution in [3.05, 3.63) is 89.5 Å². The molecule has 2 aromatic rings. The highest BCUT2D eigenvalue weighted by Crippen LogP contribution is 2.64. The van der Waals surface area contributed by atoms with E-state index in [-0.39, 0.29) is 58.9 Å². The van der Waals surface area contributed by atoms with Crippen LogP contribution in [0.15, 0.2) is 61.7 Å². The minimum Gasteiger partial charge on any atom is -0.508 e. The van der Waals surface area contributed by atoms with E-state index in [9.17, 15) is 34.8 Å². The number of amides is 3. The van der Waals surface area contributed by atoms with Crippen molar-refractivity contribution in [2.75, 3.05) is 7.05 Å². The van der Waals surface area contributed by atoms with Crippen molar-refractivity contribution in [3.8, 4) is 5.75 Å². The van der Waals surface area contributed by atoms with E-state index in [2.05, 4.69) is 78.1 Å². The number of carboxylic acids is 1. The minimum atomic E-state index is -0.613. The van der Waals surface area contributed by atoms with Gasteiger partial charge in [-0.15, -0.1) is 13.2 Å². The van der Waals surface area contributed by atoms with Crippen LogP contribution in [0, 0.1) is 65.1 Å². The third kappa shape index (κ3) is 15.0. The summed E-state index contributed by atoms with van der Waals surface area (Å²) in [4.78, 5) is 40.0. The second-order valence-corrected chi connectivity index (χ2v) is 28.1. The highest BCUT2D eigenvalue weighted by Gasteiger charge is 2.58. The number of imide groups is 1. The van der Waals surface area contributed by atoms with Crippen LogP contribution in [0.5, 0.6) is 5.75 Å². The van der Waals surface area contributed by atoms with Gasteiger partial charge < -0.3 is 25.3 Å². The van der Waals surface area contributed by atoms with Gasteiger partial charge in [-0.3, -0.25) is 14.5 Å². The Kier molecular flexibility index (Phi) is 24.3. The molecule has 0 spiro atoms. The number of carbonyl (C=O) groups is 3. The van der Waals surface area contributed by atoms with Crippen LogP contribution in [0.4, 0.5) is 4.79 Å². The SMILES string of the molecule is C=CCCCCC[C@H](CCCC)C(=O)N1C(=O)N(C)[C@@H](C)[C@H]1C.C=CC[C@@H]1Cc2cc(C)ccc2C2CC[C@@]3(C)C(CC[C@@H]3O)C21.CCCC[C@@H](CCCCCCCC[C@@H]1Cc2cc(O)ccc2C2CC[C@@]3(C)C(CC[C@@H]3O)C21)C(=O)O. The van der Waals surface area contributed by atoms with Gasteiger partial charge in [0.25, 0.3) is 0 Å². The van der Waals surface area contributed by atoms with E-state index in [1.165, 1.54) is 92.2 Å². The van der Waals surface area contributed by atoms with Crippen LogP contribution >= 0.6 is 0 Å². The Hall–Kier alpha value is -3.95. The van der Waals surface area contributed by atoms with Gasteiger partial charge in [-0.25, -0.2) is 4.79 Å². The summed E-state index contributed by atoms with van der Waals surface area (Å²) in [7, 11) is 1.78. The van der Waals surface area contributed by atoms with Crippen LogP contribution in [-0.4, -0.2) is 79.5 Å². The van der Waals surface area contributed by atoms with Crippen molar-refractivity contribution in [1.82, 2.24) is 9.80 Å². The highest BCUT2D eigenvalue weighted by molar-refractivity contribution is 5.97. The molecule has 458 valence electrons. The summed E-state index contributed by atoms with van der Waals surface area (Å²) in [5.41, 5.74) is 7.65. The van der Waals surface area contributed by atoms with Crippen molar-refractivity contribution < 1.29 is 34.8 Å². The van der Waals surface area contributed by atoms with Crippen molar-refractivity contribution in [2.45, 2.75) is 277 Å². The number of aliphatic hydroxyl groups is 2. The molecule has 6 unspecified atom stereocenters. The molecule has 5 fully saturated rings. The van der Waals surface area contributed by atoms with E-state index in [0.717, 1.165) is 128 Å². The molecular weight excluding hydrogens is 1020 g/mol. The molecule has 1 heterocycles. The standard InChI is InChI=1S/C32H50O4.C22H30O.C19H34N2O2/c1-3-4-11-22(31(35)36)12-9-7-5-6-8-10-13-23-20-24-21-25(33)14-15-26(24)27-18-19-32(2)28(30(23)27)16-17-29(32)34;1-4-5-15-13-16-12-14(2)6-7-17(16)18-10-11-22(3)19(21(15)18)8-9-20(22)23;1-6-8-10-11-12-14-17(13-9-7-2)18(22)21-16(4)15(3)20(5)19(21)23/h14-15,21-23,27-30,33-34H,3-13,16-20H2,1-2H3,(H,35,36);4,6-7,12,15,18-21,23H,1,5,8-11,13H2,2-3H3;6,15-17H,1,7-14H2,2-5H3/t22-,23+,27?,28?,29-,30?,32-;15-,18?,19?,20+,21?,22+;15-,16+,17-/m010/s1. The number of hydrogen-bond acceptors (Lipinski definition) is 6. The zero-order chi connectivity index (χ0) is 59.3. The molecule has 0 aromatic heterocycles. The lowest BCUT2D eigenvalue weighted by Gasteiger charge is -2.53. The molecular formula is C73H114N2O7. The van der Waals surface area contributed by atoms with E-state index >= 15 is 0 Å². The van der Waals surface area contributed by atoms with Crippen LogP contribution in [0.1, 0.15) is 261 Å². The lowest BCUT2D eigenvalue weighted by atomic mass is 9.52. The second kappa shape index (κ2) is 30.4. The van der Waals surface area contributed by atoms with Crippen LogP contribution in [-0.2, 0) is 22.4 Å². The Labute approximate surface area is 498 Å². The average Bonchev–Trinajstić information content (AvgIpc) is 2.51. The second-order valence-electron chi connectivity index (χ2n) is 28.1. The summed E-state index contributed by atoms with van der Waals surface area (Å²) in [5, 5.41) is 41.0. The first-order valence-electron chi connectivity index (χ1n) is 33.7. The fourth-order valence-corrected chi connectivity index (χ4v) is 18.0. The van der Waals surface area contributed by atoms with Crippen LogP contribution in [0.3, 0.4) is 0 Å². The van der Waals surface area contributed by atoms with Gasteiger partial charge in [-0.05, 0) is 229 Å². The number of carboxylic acid groups (broad SMARTS) is 1. The molecule has 9 rings (SSSR count). The molecule has 9 heteroatoms. The first-order valence-corrected chi connectivity index (χ1v) is 33.7. The Morgan fingerprint density at radius 2 is 1.17 bits per heavy atom. The number of allylic oxidation sites excluding steroid dienone is 2.